The van der Waals surface area contributed by atoms with Crippen molar-refractivity contribution in [3.63, 3.8) is 0 Å². The molecule has 2 heterocycles. The van der Waals surface area contributed by atoms with Gasteiger partial charge in [0.1, 0.15) is 5.69 Å². The third-order valence-corrected chi connectivity index (χ3v) is 4.45. The van der Waals surface area contributed by atoms with Crippen LogP contribution in [0.5, 0.6) is 0 Å². The van der Waals surface area contributed by atoms with Crippen LogP contribution in [-0.2, 0) is 6.42 Å². The SMILES string of the molecule is O=C1C(Cc2cccc3cc[nH]c23)=C(Cl)C(=O)c2ncccc21. The normalized spacial score (nSPS) is 14.5. The Morgan fingerprint density at radius 2 is 1.91 bits per heavy atom. The molecule has 4 nitrogen and oxygen atoms in total. The molecular weight excluding hydrogens is 312 g/mol. The van der Waals surface area contributed by atoms with Crippen LogP contribution < -0.4 is 0 Å². The minimum Gasteiger partial charge on any atom is -0.361 e. The Balaban J connectivity index is 1.83. The first kappa shape index (κ1) is 13.9. The number of nitrogens with zero attached hydrogens (tertiary/aromatic N) is 1. The summed E-state index contributed by atoms with van der Waals surface area (Å²) in [6.45, 7) is 0. The van der Waals surface area contributed by atoms with E-state index in [0.717, 1.165) is 16.5 Å². The number of benzene rings is 1. The zero-order valence-corrected chi connectivity index (χ0v) is 12.7. The molecule has 0 unspecified atom stereocenters. The lowest BCUT2D eigenvalue weighted by atomic mass is 9.89. The number of para-hydroxylation sites is 1. The van der Waals surface area contributed by atoms with E-state index in [0.29, 0.717) is 17.6 Å². The molecule has 0 bridgehead atoms. The Morgan fingerprint density at radius 1 is 1.04 bits per heavy atom. The number of halogens is 1. The van der Waals surface area contributed by atoms with Crippen molar-refractivity contribution < 1.29 is 9.59 Å². The number of aromatic amines is 1. The Kier molecular flexibility index (Phi) is 3.13. The van der Waals surface area contributed by atoms with E-state index < -0.39 is 5.78 Å². The maximum Gasteiger partial charge on any atom is 0.223 e. The van der Waals surface area contributed by atoms with Gasteiger partial charge in [0.05, 0.1) is 10.6 Å². The molecule has 1 aliphatic rings. The monoisotopic (exact) mass is 322 g/mol. The molecule has 2 aromatic heterocycles. The predicted molar refractivity (Wildman–Crippen MR) is 87.8 cm³/mol. The highest BCUT2D eigenvalue weighted by Crippen LogP contribution is 2.30. The first-order chi connectivity index (χ1) is 11.2. The van der Waals surface area contributed by atoms with E-state index in [1.807, 2.05) is 30.5 Å². The molecule has 1 aliphatic carbocycles. The van der Waals surface area contributed by atoms with Gasteiger partial charge in [-0.1, -0.05) is 29.8 Å². The number of H-pyrrole nitrogens is 1. The average Bonchev–Trinajstić information content (AvgIpc) is 3.06. The van der Waals surface area contributed by atoms with E-state index in [1.54, 1.807) is 12.1 Å². The van der Waals surface area contributed by atoms with Crippen LogP contribution in [-0.4, -0.2) is 21.5 Å². The molecule has 1 N–H and O–H groups in total. The number of hydrogen-bond acceptors (Lipinski definition) is 3. The first-order valence-corrected chi connectivity index (χ1v) is 7.52. The standard InChI is InChI=1S/C18H11ClN2O2/c19-14-13(9-11-4-1-3-10-6-8-21-15(10)11)17(22)12-5-2-7-20-16(12)18(14)23/h1-8,21H,9H2. The number of carbonyl (C=O) groups excluding carboxylic acids is 2. The smallest absolute Gasteiger partial charge is 0.223 e. The van der Waals surface area contributed by atoms with Gasteiger partial charge in [-0.3, -0.25) is 14.6 Å². The minimum absolute atomic E-state index is 0.0373. The number of rotatable bonds is 2. The van der Waals surface area contributed by atoms with Crippen molar-refractivity contribution in [2.75, 3.05) is 0 Å². The highest BCUT2D eigenvalue weighted by atomic mass is 35.5. The summed E-state index contributed by atoms with van der Waals surface area (Å²) in [5, 5.41) is 1.01. The molecule has 23 heavy (non-hydrogen) atoms. The maximum atomic E-state index is 12.7. The van der Waals surface area contributed by atoms with Crippen LogP contribution in [0.15, 0.2) is 59.4 Å². The summed E-state index contributed by atoms with van der Waals surface area (Å²) < 4.78 is 0. The van der Waals surface area contributed by atoms with E-state index in [2.05, 4.69) is 9.97 Å². The molecule has 0 radical (unpaired) electrons. The fourth-order valence-corrected chi connectivity index (χ4v) is 3.16. The largest absolute Gasteiger partial charge is 0.361 e. The summed E-state index contributed by atoms with van der Waals surface area (Å²) in [4.78, 5) is 32.2. The van der Waals surface area contributed by atoms with Gasteiger partial charge in [0, 0.05) is 29.9 Å². The summed E-state index contributed by atoms with van der Waals surface area (Å²) in [5.41, 5.74) is 2.63. The summed E-state index contributed by atoms with van der Waals surface area (Å²) in [7, 11) is 0. The number of hydrogen-bond donors (Lipinski definition) is 1. The second-order valence-electron chi connectivity index (χ2n) is 5.39. The van der Waals surface area contributed by atoms with Crippen LogP contribution in [0, 0.1) is 0 Å². The molecule has 0 aliphatic heterocycles. The number of pyridine rings is 1. The molecule has 0 amide bonds. The summed E-state index contributed by atoms with van der Waals surface area (Å²) in [6, 6.07) is 11.0. The molecule has 5 heteroatoms. The Morgan fingerprint density at radius 3 is 2.78 bits per heavy atom. The van der Waals surface area contributed by atoms with Crippen LogP contribution in [0.25, 0.3) is 10.9 Å². The van der Waals surface area contributed by atoms with Crippen molar-refractivity contribution in [3.8, 4) is 0 Å². The quantitative estimate of drug-likeness (QED) is 0.783. The fraction of sp³-hybridized carbons (Fsp3) is 0.0556. The number of aromatic nitrogens is 2. The zero-order chi connectivity index (χ0) is 16.0. The van der Waals surface area contributed by atoms with Gasteiger partial charge in [0.15, 0.2) is 5.78 Å². The molecule has 112 valence electrons. The molecule has 4 rings (SSSR count). The average molecular weight is 323 g/mol. The highest BCUT2D eigenvalue weighted by Gasteiger charge is 2.32. The molecule has 0 saturated carbocycles. The number of allylic oxidation sites excluding steroid dienone is 2. The van der Waals surface area contributed by atoms with Crippen molar-refractivity contribution >= 4 is 34.1 Å². The van der Waals surface area contributed by atoms with Gasteiger partial charge in [-0.15, -0.1) is 0 Å². The number of fused-ring (bicyclic) bond motifs is 2. The number of nitrogens with one attached hydrogen (secondary N) is 1. The van der Waals surface area contributed by atoms with Crippen LogP contribution >= 0.6 is 11.6 Å². The molecule has 3 aromatic rings. The molecule has 0 spiro atoms. The predicted octanol–water partition coefficient (Wildman–Crippen LogP) is 3.68. The van der Waals surface area contributed by atoms with Crippen molar-refractivity contribution in [1.82, 2.24) is 9.97 Å². The van der Waals surface area contributed by atoms with E-state index in [1.165, 1.54) is 6.20 Å². The van der Waals surface area contributed by atoms with Crippen LogP contribution in [0.1, 0.15) is 26.4 Å². The topological polar surface area (TPSA) is 62.8 Å². The van der Waals surface area contributed by atoms with E-state index in [4.69, 9.17) is 11.6 Å². The molecule has 0 saturated heterocycles. The zero-order valence-electron chi connectivity index (χ0n) is 12.0. The highest BCUT2D eigenvalue weighted by molar-refractivity contribution is 6.49. The van der Waals surface area contributed by atoms with Crippen LogP contribution in [0.3, 0.4) is 0 Å². The van der Waals surface area contributed by atoms with Crippen molar-refractivity contribution in [2.45, 2.75) is 6.42 Å². The summed E-state index contributed by atoms with van der Waals surface area (Å²) in [6.07, 6.45) is 3.63. The molecule has 0 fully saturated rings. The number of carbonyl (C=O) groups is 2. The first-order valence-electron chi connectivity index (χ1n) is 7.15. The Hall–Kier alpha value is -2.72. The van der Waals surface area contributed by atoms with Crippen molar-refractivity contribution in [1.29, 1.82) is 0 Å². The molecule has 0 atom stereocenters. The van der Waals surface area contributed by atoms with E-state index >= 15 is 0 Å². The Bertz CT molecular complexity index is 1000. The summed E-state index contributed by atoms with van der Waals surface area (Å²) >= 11 is 6.19. The Labute approximate surface area is 136 Å². The lowest BCUT2D eigenvalue weighted by Crippen LogP contribution is -2.22. The number of Topliss-reactive ketones (excluding diaryl/α,β-unsaturated/α-hetero) is 2. The van der Waals surface area contributed by atoms with Crippen LogP contribution in [0.2, 0.25) is 0 Å². The lowest BCUT2D eigenvalue weighted by molar-refractivity contribution is 0.0975. The van der Waals surface area contributed by atoms with Gasteiger partial charge in [-0.25, -0.2) is 0 Å². The second-order valence-corrected chi connectivity index (χ2v) is 5.76. The van der Waals surface area contributed by atoms with Crippen molar-refractivity contribution in [3.05, 3.63) is 76.2 Å². The van der Waals surface area contributed by atoms with Gasteiger partial charge >= 0.3 is 0 Å². The third-order valence-electron chi connectivity index (χ3n) is 4.05. The van der Waals surface area contributed by atoms with E-state index in [-0.39, 0.29) is 16.5 Å². The van der Waals surface area contributed by atoms with Gasteiger partial charge in [-0.05, 0) is 29.1 Å². The van der Waals surface area contributed by atoms with Crippen LogP contribution in [0.4, 0.5) is 0 Å². The fourth-order valence-electron chi connectivity index (χ4n) is 2.92. The van der Waals surface area contributed by atoms with E-state index in [9.17, 15) is 9.59 Å². The lowest BCUT2D eigenvalue weighted by Gasteiger charge is -2.17. The van der Waals surface area contributed by atoms with Gasteiger partial charge < -0.3 is 4.98 Å². The summed E-state index contributed by atoms with van der Waals surface area (Å²) in [5.74, 6) is -0.628. The maximum absolute atomic E-state index is 12.7. The molecule has 1 aromatic carbocycles. The third kappa shape index (κ3) is 2.11. The van der Waals surface area contributed by atoms with Gasteiger partial charge in [0.25, 0.3) is 0 Å². The number of ketones is 2. The molecular formula is C18H11ClN2O2. The second kappa shape index (κ2) is 5.18. The van der Waals surface area contributed by atoms with Crippen molar-refractivity contribution in [2.24, 2.45) is 0 Å². The minimum atomic E-state index is -0.393. The van der Waals surface area contributed by atoms with Gasteiger partial charge in [0.2, 0.25) is 5.78 Å². The van der Waals surface area contributed by atoms with Gasteiger partial charge in [-0.2, -0.15) is 0 Å².